The van der Waals surface area contributed by atoms with Gasteiger partial charge < -0.3 is 4.98 Å². The van der Waals surface area contributed by atoms with E-state index in [-0.39, 0.29) is 15.5 Å². The minimum Gasteiger partial charge on any atom is -0.347 e. The minimum atomic E-state index is -3.88. The molecule has 0 spiro atoms. The van der Waals surface area contributed by atoms with E-state index in [2.05, 4.69) is 14.7 Å². The van der Waals surface area contributed by atoms with Gasteiger partial charge in [0.1, 0.15) is 16.8 Å². The fourth-order valence-corrected chi connectivity index (χ4v) is 3.56. The van der Waals surface area contributed by atoms with Crippen molar-refractivity contribution in [3.63, 3.8) is 0 Å². The maximum atomic E-state index is 12.5. The Morgan fingerprint density at radius 2 is 2.29 bits per heavy atom. The molecule has 1 atom stereocenters. The molecule has 2 N–H and O–H groups in total. The second kappa shape index (κ2) is 6.26. The number of halogens is 1. The van der Waals surface area contributed by atoms with E-state index in [1.54, 1.807) is 12.4 Å². The molecule has 1 unspecified atom stereocenters. The van der Waals surface area contributed by atoms with Crippen LogP contribution in [0.5, 0.6) is 0 Å². The van der Waals surface area contributed by atoms with Gasteiger partial charge in [-0.25, -0.2) is 18.1 Å². The molecule has 21 heavy (non-hydrogen) atoms. The van der Waals surface area contributed by atoms with Crippen LogP contribution in [0.15, 0.2) is 35.5 Å². The molecule has 0 saturated heterocycles. The topological polar surface area (TPSA) is 98.6 Å². The zero-order valence-electron chi connectivity index (χ0n) is 11.2. The zero-order valence-corrected chi connectivity index (χ0v) is 12.7. The highest BCUT2D eigenvalue weighted by molar-refractivity contribution is 7.89. The van der Waals surface area contributed by atoms with Crippen molar-refractivity contribution in [1.29, 1.82) is 5.26 Å². The summed E-state index contributed by atoms with van der Waals surface area (Å²) in [7, 11) is -3.88. The first-order valence-corrected chi connectivity index (χ1v) is 8.05. The molecule has 1 aromatic carbocycles. The van der Waals surface area contributed by atoms with Crippen molar-refractivity contribution < 1.29 is 8.42 Å². The molecular formula is C13H13ClN4O2S. The number of aromatic amines is 1. The molecule has 0 aliphatic heterocycles. The lowest BCUT2D eigenvalue weighted by molar-refractivity contribution is 0.539. The maximum absolute atomic E-state index is 12.5. The fraction of sp³-hybridized carbons (Fsp3) is 0.231. The van der Waals surface area contributed by atoms with Crippen molar-refractivity contribution in [1.82, 2.24) is 14.7 Å². The highest BCUT2D eigenvalue weighted by atomic mass is 35.5. The summed E-state index contributed by atoms with van der Waals surface area (Å²) in [5.74, 6) is 0.515. The standard InChI is InChI=1S/C13H13ClN4O2S/c1-2-11(13-16-5-6-17-13)18-21(19,20)12-7-10(14)4-3-9(12)8-15/h3-7,11,18H,2H2,1H3,(H,16,17). The van der Waals surface area contributed by atoms with E-state index < -0.39 is 16.1 Å². The van der Waals surface area contributed by atoms with Gasteiger partial charge in [0.15, 0.2) is 0 Å². The summed E-state index contributed by atoms with van der Waals surface area (Å²) in [6.07, 6.45) is 3.67. The normalized spacial score (nSPS) is 12.8. The second-order valence-electron chi connectivity index (χ2n) is 4.31. The SMILES string of the molecule is CCC(NS(=O)(=O)c1cc(Cl)ccc1C#N)c1ncc[nH]1. The van der Waals surface area contributed by atoms with Crippen LogP contribution in [-0.4, -0.2) is 18.4 Å². The summed E-state index contributed by atoms with van der Waals surface area (Å²) in [5, 5.41) is 9.29. The number of nitrogens with zero attached hydrogens (tertiary/aromatic N) is 2. The van der Waals surface area contributed by atoms with E-state index in [4.69, 9.17) is 16.9 Å². The first-order chi connectivity index (χ1) is 9.97. The Balaban J connectivity index is 2.39. The van der Waals surface area contributed by atoms with Crippen molar-refractivity contribution in [2.24, 2.45) is 0 Å². The van der Waals surface area contributed by atoms with Crippen molar-refractivity contribution in [3.8, 4) is 6.07 Å². The lowest BCUT2D eigenvalue weighted by Gasteiger charge is -2.15. The number of nitriles is 1. The lowest BCUT2D eigenvalue weighted by atomic mass is 10.2. The van der Waals surface area contributed by atoms with Crippen LogP contribution in [0.3, 0.4) is 0 Å². The molecule has 1 heterocycles. The van der Waals surface area contributed by atoms with Gasteiger partial charge >= 0.3 is 0 Å². The Kier molecular flexibility index (Phi) is 4.63. The highest BCUT2D eigenvalue weighted by Gasteiger charge is 2.24. The van der Waals surface area contributed by atoms with Crippen molar-refractivity contribution in [2.45, 2.75) is 24.3 Å². The number of nitrogens with one attached hydrogen (secondary N) is 2. The third-order valence-corrected chi connectivity index (χ3v) is 4.66. The van der Waals surface area contributed by atoms with Crippen LogP contribution in [0.4, 0.5) is 0 Å². The van der Waals surface area contributed by atoms with E-state index in [9.17, 15) is 8.42 Å². The van der Waals surface area contributed by atoms with Gasteiger partial charge in [0.05, 0.1) is 11.6 Å². The molecule has 0 aliphatic carbocycles. The van der Waals surface area contributed by atoms with E-state index in [1.165, 1.54) is 18.2 Å². The number of rotatable bonds is 5. The Morgan fingerprint density at radius 3 is 2.86 bits per heavy atom. The molecule has 2 aromatic rings. The summed E-state index contributed by atoms with van der Waals surface area (Å²) < 4.78 is 27.5. The van der Waals surface area contributed by atoms with E-state index >= 15 is 0 Å². The summed E-state index contributed by atoms with van der Waals surface area (Å²) in [6, 6.07) is 5.47. The second-order valence-corrected chi connectivity index (χ2v) is 6.43. The molecule has 1 aromatic heterocycles. The molecule has 0 amide bonds. The Hall–Kier alpha value is -1.88. The van der Waals surface area contributed by atoms with Crippen LogP contribution in [0.1, 0.15) is 30.8 Å². The number of sulfonamides is 1. The van der Waals surface area contributed by atoms with Crippen LogP contribution >= 0.6 is 11.6 Å². The smallest absolute Gasteiger partial charge is 0.242 e. The molecule has 8 heteroatoms. The lowest BCUT2D eigenvalue weighted by Crippen LogP contribution is -2.29. The first-order valence-electron chi connectivity index (χ1n) is 6.19. The van der Waals surface area contributed by atoms with Crippen LogP contribution in [0.2, 0.25) is 5.02 Å². The molecule has 0 saturated carbocycles. The van der Waals surface area contributed by atoms with Gasteiger partial charge in [0, 0.05) is 17.4 Å². The molecule has 2 rings (SSSR count). The van der Waals surface area contributed by atoms with Gasteiger partial charge in [-0.15, -0.1) is 0 Å². The molecule has 0 fully saturated rings. The Morgan fingerprint density at radius 1 is 1.52 bits per heavy atom. The molecule has 0 radical (unpaired) electrons. The number of aromatic nitrogens is 2. The average Bonchev–Trinajstić information content (AvgIpc) is 2.99. The highest BCUT2D eigenvalue weighted by Crippen LogP contribution is 2.23. The quantitative estimate of drug-likeness (QED) is 0.882. The molecule has 0 aliphatic rings. The molecule has 0 bridgehead atoms. The molecular weight excluding hydrogens is 312 g/mol. The Bertz CT molecular complexity index is 766. The van der Waals surface area contributed by atoms with Gasteiger partial charge in [-0.05, 0) is 24.6 Å². The zero-order chi connectivity index (χ0) is 15.5. The molecule has 6 nitrogen and oxygen atoms in total. The number of hydrogen-bond donors (Lipinski definition) is 2. The minimum absolute atomic E-state index is 0.0428. The summed E-state index contributed by atoms with van der Waals surface area (Å²) in [5.41, 5.74) is 0.0428. The monoisotopic (exact) mass is 324 g/mol. The van der Waals surface area contributed by atoms with Crippen molar-refractivity contribution in [3.05, 3.63) is 47.0 Å². The number of benzene rings is 1. The summed E-state index contributed by atoms with van der Waals surface area (Å²) >= 11 is 5.83. The van der Waals surface area contributed by atoms with Gasteiger partial charge in [-0.1, -0.05) is 18.5 Å². The van der Waals surface area contributed by atoms with Crippen molar-refractivity contribution in [2.75, 3.05) is 0 Å². The molecule has 110 valence electrons. The van der Waals surface area contributed by atoms with Crippen LogP contribution in [0, 0.1) is 11.3 Å². The average molecular weight is 325 g/mol. The number of hydrogen-bond acceptors (Lipinski definition) is 4. The summed E-state index contributed by atoms with van der Waals surface area (Å²) in [6.45, 7) is 1.83. The number of H-pyrrole nitrogens is 1. The predicted octanol–water partition coefficient (Wildman–Crippen LogP) is 2.36. The largest absolute Gasteiger partial charge is 0.347 e. The van der Waals surface area contributed by atoms with Gasteiger partial charge in [-0.3, -0.25) is 0 Å². The van der Waals surface area contributed by atoms with Gasteiger partial charge in [-0.2, -0.15) is 5.26 Å². The third-order valence-electron chi connectivity index (χ3n) is 2.91. The van der Waals surface area contributed by atoms with Crippen LogP contribution in [-0.2, 0) is 10.0 Å². The van der Waals surface area contributed by atoms with Crippen LogP contribution in [0.25, 0.3) is 0 Å². The fourth-order valence-electron chi connectivity index (χ4n) is 1.86. The predicted molar refractivity (Wildman–Crippen MR) is 78.1 cm³/mol. The van der Waals surface area contributed by atoms with Crippen molar-refractivity contribution >= 4 is 21.6 Å². The first kappa shape index (κ1) is 15.5. The number of imidazole rings is 1. The summed E-state index contributed by atoms with van der Waals surface area (Å²) in [4.78, 5) is 6.79. The van der Waals surface area contributed by atoms with E-state index in [0.717, 1.165) is 0 Å². The van der Waals surface area contributed by atoms with Crippen LogP contribution < -0.4 is 4.72 Å². The maximum Gasteiger partial charge on any atom is 0.242 e. The van der Waals surface area contributed by atoms with Gasteiger partial charge in [0.2, 0.25) is 10.0 Å². The van der Waals surface area contributed by atoms with E-state index in [1.807, 2.05) is 13.0 Å². The van der Waals surface area contributed by atoms with Gasteiger partial charge in [0.25, 0.3) is 0 Å². The van der Waals surface area contributed by atoms with E-state index in [0.29, 0.717) is 12.2 Å². The third kappa shape index (κ3) is 3.42. The Labute approximate surface area is 127 Å².